The van der Waals surface area contributed by atoms with Gasteiger partial charge in [0.25, 0.3) is 0 Å². The van der Waals surface area contributed by atoms with Crippen LogP contribution in [0.25, 0.3) is 0 Å². The number of hydrogen-bond donors (Lipinski definition) is 2. The zero-order valence-electron chi connectivity index (χ0n) is 12.3. The predicted octanol–water partition coefficient (Wildman–Crippen LogP) is 2.87. The second-order valence-electron chi connectivity index (χ2n) is 5.77. The van der Waals surface area contributed by atoms with Gasteiger partial charge in [0.05, 0.1) is 12.0 Å². The highest BCUT2D eigenvalue weighted by molar-refractivity contribution is 6.31. The van der Waals surface area contributed by atoms with E-state index < -0.39 is 12.1 Å². The van der Waals surface area contributed by atoms with Gasteiger partial charge in [-0.25, -0.2) is 0 Å². The van der Waals surface area contributed by atoms with Gasteiger partial charge in [-0.1, -0.05) is 23.7 Å². The van der Waals surface area contributed by atoms with Gasteiger partial charge in [-0.15, -0.1) is 0 Å². The van der Waals surface area contributed by atoms with Crippen LogP contribution in [0, 0.1) is 12.8 Å². The molecule has 1 unspecified atom stereocenters. The summed E-state index contributed by atoms with van der Waals surface area (Å²) in [4.78, 5) is 13.1. The van der Waals surface area contributed by atoms with Crippen LogP contribution >= 0.6 is 11.6 Å². The Hall–Kier alpha value is -1.10. The average Bonchev–Trinajstić information content (AvgIpc) is 2.48. The third kappa shape index (κ3) is 4.43. The molecule has 1 aliphatic heterocycles. The molecule has 1 aromatic carbocycles. The van der Waals surface area contributed by atoms with Gasteiger partial charge in [0.15, 0.2) is 0 Å². The van der Waals surface area contributed by atoms with E-state index in [2.05, 4.69) is 4.90 Å². The Labute approximate surface area is 130 Å². The predicted molar refractivity (Wildman–Crippen MR) is 82.6 cm³/mol. The Balaban J connectivity index is 1.80. The summed E-state index contributed by atoms with van der Waals surface area (Å²) in [6, 6.07) is 5.59. The number of carboxylic acids is 1. The molecule has 4 nitrogen and oxygen atoms in total. The highest BCUT2D eigenvalue weighted by Gasteiger charge is 2.24. The fourth-order valence-electron chi connectivity index (χ4n) is 2.75. The molecule has 21 heavy (non-hydrogen) atoms. The van der Waals surface area contributed by atoms with Gasteiger partial charge >= 0.3 is 5.97 Å². The normalized spacial score (nSPS) is 18.6. The molecule has 5 heteroatoms. The zero-order chi connectivity index (χ0) is 15.4. The van der Waals surface area contributed by atoms with Crippen molar-refractivity contribution in [1.29, 1.82) is 0 Å². The minimum absolute atomic E-state index is 0.204. The maximum Gasteiger partial charge on any atom is 0.306 e. The van der Waals surface area contributed by atoms with Crippen molar-refractivity contribution in [1.82, 2.24) is 4.90 Å². The van der Waals surface area contributed by atoms with Crippen LogP contribution in [-0.2, 0) is 4.79 Å². The van der Waals surface area contributed by atoms with Gasteiger partial charge in [-0.3, -0.25) is 4.79 Å². The van der Waals surface area contributed by atoms with Crippen LogP contribution in [0.15, 0.2) is 18.2 Å². The number of carbonyl (C=O) groups is 1. The van der Waals surface area contributed by atoms with E-state index in [9.17, 15) is 9.90 Å². The fourth-order valence-corrected chi connectivity index (χ4v) is 2.87. The SMILES string of the molecule is Cc1cc(C(O)CCN2CCC(C(=O)O)CC2)ccc1Cl. The lowest BCUT2D eigenvalue weighted by Crippen LogP contribution is -2.37. The number of rotatable bonds is 5. The maximum atomic E-state index is 10.9. The lowest BCUT2D eigenvalue weighted by atomic mass is 9.96. The van der Waals surface area contributed by atoms with Crippen LogP contribution in [-0.4, -0.2) is 40.7 Å². The van der Waals surface area contributed by atoms with Gasteiger partial charge in [-0.2, -0.15) is 0 Å². The quantitative estimate of drug-likeness (QED) is 0.878. The molecule has 116 valence electrons. The highest BCUT2D eigenvalue weighted by atomic mass is 35.5. The number of aliphatic hydroxyl groups is 1. The third-order valence-electron chi connectivity index (χ3n) is 4.22. The second-order valence-corrected chi connectivity index (χ2v) is 6.17. The van der Waals surface area contributed by atoms with Crippen LogP contribution in [0.5, 0.6) is 0 Å². The lowest BCUT2D eigenvalue weighted by Gasteiger charge is -2.30. The third-order valence-corrected chi connectivity index (χ3v) is 4.65. The van der Waals surface area contributed by atoms with Crippen LogP contribution < -0.4 is 0 Å². The summed E-state index contributed by atoms with van der Waals surface area (Å²) in [5.41, 5.74) is 1.85. The van der Waals surface area contributed by atoms with E-state index >= 15 is 0 Å². The standard InChI is InChI=1S/C16H22ClNO3/c1-11-10-13(2-3-14(11)17)15(19)6-9-18-7-4-12(5-8-18)16(20)21/h2-3,10,12,15,19H,4-9H2,1H3,(H,20,21). The molecule has 0 aromatic heterocycles. The van der Waals surface area contributed by atoms with Gasteiger partial charge in [-0.05, 0) is 56.5 Å². The Kier molecular flexibility index (Phi) is 5.62. The Morgan fingerprint density at radius 2 is 2.10 bits per heavy atom. The number of carboxylic acid groups (broad SMARTS) is 1. The van der Waals surface area contributed by atoms with Gasteiger partial charge < -0.3 is 15.1 Å². The molecule has 1 aromatic rings. The molecule has 1 heterocycles. The number of aryl methyl sites for hydroxylation is 1. The number of piperidine rings is 1. The first-order valence-corrected chi connectivity index (χ1v) is 7.74. The fraction of sp³-hybridized carbons (Fsp3) is 0.562. The smallest absolute Gasteiger partial charge is 0.306 e. The number of likely N-dealkylation sites (tertiary alicyclic amines) is 1. The topological polar surface area (TPSA) is 60.8 Å². The van der Waals surface area contributed by atoms with Crippen molar-refractivity contribution in [3.8, 4) is 0 Å². The van der Waals surface area contributed by atoms with Gasteiger partial charge in [0.2, 0.25) is 0 Å². The molecule has 2 rings (SSSR count). The summed E-state index contributed by atoms with van der Waals surface area (Å²) in [7, 11) is 0. The number of benzene rings is 1. The van der Waals surface area contributed by atoms with Crippen molar-refractivity contribution < 1.29 is 15.0 Å². The summed E-state index contributed by atoms with van der Waals surface area (Å²) in [5.74, 6) is -0.892. The molecule has 0 aliphatic carbocycles. The van der Waals surface area contributed by atoms with E-state index in [0.29, 0.717) is 24.3 Å². The Bertz CT molecular complexity index is 498. The molecule has 1 saturated heterocycles. The number of hydrogen-bond acceptors (Lipinski definition) is 3. The number of aliphatic hydroxyl groups excluding tert-OH is 1. The largest absolute Gasteiger partial charge is 0.481 e. The van der Waals surface area contributed by atoms with Crippen LogP contribution in [0.3, 0.4) is 0 Å². The average molecular weight is 312 g/mol. The monoisotopic (exact) mass is 311 g/mol. The molecule has 1 aliphatic rings. The summed E-state index contributed by atoms with van der Waals surface area (Å²) in [5, 5.41) is 19.9. The van der Waals surface area contributed by atoms with Crippen molar-refractivity contribution >= 4 is 17.6 Å². The number of aliphatic carboxylic acids is 1. The van der Waals surface area contributed by atoms with Crippen LogP contribution in [0.2, 0.25) is 5.02 Å². The van der Waals surface area contributed by atoms with Crippen molar-refractivity contribution in [3.05, 3.63) is 34.3 Å². The molecule has 0 saturated carbocycles. The number of nitrogens with zero attached hydrogens (tertiary/aromatic N) is 1. The molecule has 0 radical (unpaired) electrons. The summed E-state index contributed by atoms with van der Waals surface area (Å²) >= 11 is 5.99. The van der Waals surface area contributed by atoms with Gasteiger partial charge in [0, 0.05) is 11.6 Å². The Morgan fingerprint density at radius 1 is 1.43 bits per heavy atom. The van der Waals surface area contributed by atoms with E-state index in [1.165, 1.54) is 0 Å². The highest BCUT2D eigenvalue weighted by Crippen LogP contribution is 2.24. The molecule has 0 spiro atoms. The molecule has 1 atom stereocenters. The first-order valence-electron chi connectivity index (χ1n) is 7.36. The maximum absolute atomic E-state index is 10.9. The lowest BCUT2D eigenvalue weighted by molar-refractivity contribution is -0.143. The van der Waals surface area contributed by atoms with Crippen LogP contribution in [0.1, 0.15) is 36.5 Å². The van der Waals surface area contributed by atoms with Crippen molar-refractivity contribution in [2.45, 2.75) is 32.3 Å². The molecular formula is C16H22ClNO3. The molecule has 1 fully saturated rings. The van der Waals surface area contributed by atoms with Crippen molar-refractivity contribution in [3.63, 3.8) is 0 Å². The number of halogens is 1. The minimum atomic E-state index is -0.689. The van der Waals surface area contributed by atoms with Gasteiger partial charge in [0.1, 0.15) is 0 Å². The minimum Gasteiger partial charge on any atom is -0.481 e. The van der Waals surface area contributed by atoms with E-state index in [1.807, 2.05) is 25.1 Å². The Morgan fingerprint density at radius 3 is 2.67 bits per heavy atom. The van der Waals surface area contributed by atoms with E-state index in [1.54, 1.807) is 0 Å². The van der Waals surface area contributed by atoms with Crippen molar-refractivity contribution in [2.75, 3.05) is 19.6 Å². The second kappa shape index (κ2) is 7.25. The summed E-state index contributed by atoms with van der Waals surface area (Å²) < 4.78 is 0. The summed E-state index contributed by atoms with van der Waals surface area (Å²) in [6.07, 6.45) is 1.55. The molecule has 0 bridgehead atoms. The molecule has 0 amide bonds. The van der Waals surface area contributed by atoms with E-state index in [4.69, 9.17) is 16.7 Å². The first-order chi connectivity index (χ1) is 9.97. The van der Waals surface area contributed by atoms with E-state index in [-0.39, 0.29) is 5.92 Å². The van der Waals surface area contributed by atoms with Crippen molar-refractivity contribution in [2.24, 2.45) is 5.92 Å². The molecular weight excluding hydrogens is 290 g/mol. The molecule has 2 N–H and O–H groups in total. The summed E-state index contributed by atoms with van der Waals surface area (Å²) in [6.45, 7) is 4.30. The van der Waals surface area contributed by atoms with Crippen LogP contribution in [0.4, 0.5) is 0 Å². The zero-order valence-corrected chi connectivity index (χ0v) is 13.0. The first kappa shape index (κ1) is 16.3. The van der Waals surface area contributed by atoms with E-state index in [0.717, 1.165) is 30.8 Å².